The van der Waals surface area contributed by atoms with Gasteiger partial charge in [0.2, 0.25) is 0 Å². The third-order valence-corrected chi connectivity index (χ3v) is 6.06. The van der Waals surface area contributed by atoms with Crippen molar-refractivity contribution in [2.75, 3.05) is 0 Å². The molecule has 0 saturated carbocycles. The molecule has 0 bridgehead atoms. The molecule has 1 aliphatic rings. The highest BCUT2D eigenvalue weighted by atomic mass is 31.3. The second kappa shape index (κ2) is 6.80. The summed E-state index contributed by atoms with van der Waals surface area (Å²) in [5.41, 5.74) is 0. The van der Waals surface area contributed by atoms with Crippen molar-refractivity contribution in [3.63, 3.8) is 0 Å². The van der Waals surface area contributed by atoms with Crippen LogP contribution in [0.25, 0.3) is 0 Å². The van der Waals surface area contributed by atoms with Gasteiger partial charge in [-0.25, -0.2) is 13.7 Å². The molecule has 0 radical (unpaired) electrons. The van der Waals surface area contributed by atoms with Crippen LogP contribution in [0.5, 0.6) is 0 Å². The van der Waals surface area contributed by atoms with Gasteiger partial charge in [-0.05, 0) is 6.92 Å². The number of hydrogen-bond donors (Lipinski definition) is 5. The van der Waals surface area contributed by atoms with Crippen LogP contribution in [0.4, 0.5) is 0 Å². The molecule has 1 rings (SSSR count). The largest absolute Gasteiger partial charge is 0.536 e. The number of phosphoric ester groups is 1. The van der Waals surface area contributed by atoms with Crippen molar-refractivity contribution in [3.05, 3.63) is 12.3 Å². The summed E-state index contributed by atoms with van der Waals surface area (Å²) >= 11 is 0. The first-order valence-electron chi connectivity index (χ1n) is 5.56. The Bertz CT molecular complexity index is 567. The first-order valence-corrected chi connectivity index (χ1v) is 10.1. The van der Waals surface area contributed by atoms with Gasteiger partial charge in [-0.1, -0.05) is 6.58 Å². The molecule has 1 saturated heterocycles. The van der Waals surface area contributed by atoms with Gasteiger partial charge in [-0.2, -0.15) is 8.62 Å². The van der Waals surface area contributed by atoms with Gasteiger partial charge in [-0.15, -0.1) is 0 Å². The molecule has 0 aromatic rings. The third-order valence-electron chi connectivity index (χ3n) is 2.27. The minimum absolute atomic E-state index is 0.198. The summed E-state index contributed by atoms with van der Waals surface area (Å²) in [4.78, 5) is 35.0. The van der Waals surface area contributed by atoms with E-state index in [-0.39, 0.29) is 12.5 Å². The molecule has 22 heavy (non-hydrogen) atoms. The molecule has 0 aromatic carbocycles. The van der Waals surface area contributed by atoms with E-state index >= 15 is 0 Å². The summed E-state index contributed by atoms with van der Waals surface area (Å²) in [5, 5.41) is 9.60. The van der Waals surface area contributed by atoms with Crippen LogP contribution in [-0.4, -0.2) is 43.0 Å². The van der Waals surface area contributed by atoms with E-state index in [1.807, 2.05) is 0 Å². The summed E-state index contributed by atoms with van der Waals surface area (Å²) < 4.78 is 49.6. The molecule has 1 fully saturated rings. The molecule has 0 spiro atoms. The van der Waals surface area contributed by atoms with Crippen LogP contribution >= 0.6 is 23.5 Å². The normalized spacial score (nSPS) is 31.3. The lowest BCUT2D eigenvalue weighted by atomic mass is 10.1. The second-order valence-corrected chi connectivity index (χ2v) is 8.66. The maximum atomic E-state index is 11.5. The third kappa shape index (κ3) is 6.57. The van der Waals surface area contributed by atoms with Gasteiger partial charge >= 0.3 is 23.5 Å². The Morgan fingerprint density at radius 1 is 1.14 bits per heavy atom. The van der Waals surface area contributed by atoms with Gasteiger partial charge < -0.3 is 29.0 Å². The maximum absolute atomic E-state index is 11.5. The number of aliphatic hydroxyl groups is 1. The van der Waals surface area contributed by atoms with E-state index in [1.54, 1.807) is 6.92 Å². The summed E-state index contributed by atoms with van der Waals surface area (Å²) in [6.07, 6.45) is -2.46. The van der Waals surface area contributed by atoms with Crippen molar-refractivity contribution in [2.45, 2.75) is 31.7 Å². The minimum atomic E-state index is -5.60. The number of aliphatic hydroxyl groups excluding tert-OH is 1. The van der Waals surface area contributed by atoms with Crippen molar-refractivity contribution >= 4 is 23.5 Å². The molecule has 3 unspecified atom stereocenters. The zero-order valence-corrected chi connectivity index (χ0v) is 13.8. The summed E-state index contributed by atoms with van der Waals surface area (Å²) in [6.45, 7) is 4.84. The number of rotatable bonds is 7. The summed E-state index contributed by atoms with van der Waals surface area (Å²) in [5.74, 6) is -0.570. The highest BCUT2D eigenvalue weighted by molar-refractivity contribution is 7.66. The van der Waals surface area contributed by atoms with E-state index in [1.165, 1.54) is 0 Å². The van der Waals surface area contributed by atoms with Crippen LogP contribution in [0.1, 0.15) is 13.3 Å². The van der Waals surface area contributed by atoms with Crippen LogP contribution < -0.4 is 0 Å². The SMILES string of the molecule is C=C(OP(=O)(O)OP(=O)(O)OP(=O)(O)O)[C@H]1O[C@@H](C)CC1O. The molecule has 12 nitrogen and oxygen atoms in total. The van der Waals surface area contributed by atoms with E-state index < -0.39 is 41.4 Å². The molecule has 1 heterocycles. The quantitative estimate of drug-likeness (QED) is 0.300. The lowest BCUT2D eigenvalue weighted by Gasteiger charge is -2.21. The lowest BCUT2D eigenvalue weighted by molar-refractivity contribution is 0.0152. The van der Waals surface area contributed by atoms with E-state index in [4.69, 9.17) is 19.4 Å². The van der Waals surface area contributed by atoms with E-state index in [0.29, 0.717) is 0 Å². The Hall–Kier alpha value is -0.0900. The van der Waals surface area contributed by atoms with E-state index in [0.717, 1.165) is 0 Å². The predicted molar refractivity (Wildman–Crippen MR) is 69.0 cm³/mol. The predicted octanol–water partition coefficient (Wildman–Crippen LogP) is 0.382. The molecular formula is C7H15O12P3. The number of ether oxygens (including phenoxy) is 1. The van der Waals surface area contributed by atoms with Crippen molar-refractivity contribution in [1.82, 2.24) is 0 Å². The molecule has 5 N–H and O–H groups in total. The van der Waals surface area contributed by atoms with E-state index in [9.17, 15) is 23.7 Å². The zero-order chi connectivity index (χ0) is 17.3. The van der Waals surface area contributed by atoms with Crippen LogP contribution in [-0.2, 0) is 31.6 Å². The number of hydrogen-bond acceptors (Lipinski definition) is 8. The highest BCUT2D eigenvalue weighted by Gasteiger charge is 2.43. The maximum Gasteiger partial charge on any atom is 0.536 e. The van der Waals surface area contributed by atoms with Crippen molar-refractivity contribution < 1.29 is 56.3 Å². The van der Waals surface area contributed by atoms with Gasteiger partial charge in [-0.3, -0.25) is 4.89 Å². The Labute approximate surface area is 124 Å². The van der Waals surface area contributed by atoms with Crippen LogP contribution in [0, 0.1) is 0 Å². The first-order chi connectivity index (χ1) is 9.71. The minimum Gasteiger partial charge on any atom is -0.406 e. The van der Waals surface area contributed by atoms with E-state index in [2.05, 4.69) is 19.7 Å². The van der Waals surface area contributed by atoms with Gasteiger partial charge in [0.15, 0.2) is 0 Å². The fraction of sp³-hybridized carbons (Fsp3) is 0.714. The van der Waals surface area contributed by atoms with Crippen LogP contribution in [0.2, 0.25) is 0 Å². The standard InChI is InChI=1S/C7H15O12P3/c1-4-3-6(8)7(16-4)5(2)17-21(12,13)19-22(14,15)18-20(9,10)11/h4,6-8H,2-3H2,1H3,(H,12,13)(H,14,15)(H2,9,10,11)/t4-,6?,7+/m0/s1. The van der Waals surface area contributed by atoms with Crippen molar-refractivity contribution in [3.8, 4) is 0 Å². The molecule has 0 aromatic heterocycles. The average molecular weight is 384 g/mol. The second-order valence-electron chi connectivity index (χ2n) is 4.32. The zero-order valence-electron chi connectivity index (χ0n) is 11.1. The van der Waals surface area contributed by atoms with Gasteiger partial charge in [0, 0.05) is 6.42 Å². The molecule has 0 amide bonds. The van der Waals surface area contributed by atoms with Gasteiger partial charge in [0.05, 0.1) is 12.2 Å². The Balaban J connectivity index is 2.71. The van der Waals surface area contributed by atoms with Crippen LogP contribution in [0.15, 0.2) is 12.3 Å². The molecule has 5 atom stereocenters. The lowest BCUT2D eigenvalue weighted by Crippen LogP contribution is -2.23. The molecular weight excluding hydrogens is 369 g/mol. The summed E-state index contributed by atoms with van der Waals surface area (Å²) in [6, 6.07) is 0. The highest BCUT2D eigenvalue weighted by Crippen LogP contribution is 2.66. The topological polar surface area (TPSA) is 189 Å². The Morgan fingerprint density at radius 2 is 1.68 bits per heavy atom. The van der Waals surface area contributed by atoms with Crippen molar-refractivity contribution in [1.29, 1.82) is 0 Å². The van der Waals surface area contributed by atoms with Crippen LogP contribution in [0.3, 0.4) is 0 Å². The molecule has 1 aliphatic heterocycles. The molecule has 0 aliphatic carbocycles. The van der Waals surface area contributed by atoms with Crippen molar-refractivity contribution in [2.24, 2.45) is 0 Å². The summed E-state index contributed by atoms with van der Waals surface area (Å²) in [7, 11) is -16.4. The fourth-order valence-electron chi connectivity index (χ4n) is 1.65. The van der Waals surface area contributed by atoms with Gasteiger partial charge in [0.1, 0.15) is 11.9 Å². The monoisotopic (exact) mass is 384 g/mol. The molecule has 15 heteroatoms. The average Bonchev–Trinajstić information content (AvgIpc) is 2.50. The van der Waals surface area contributed by atoms with Gasteiger partial charge in [0.25, 0.3) is 0 Å². The fourth-order valence-corrected chi connectivity index (χ4v) is 4.69. The first kappa shape index (κ1) is 20.0. The Morgan fingerprint density at radius 3 is 2.09 bits per heavy atom. The smallest absolute Gasteiger partial charge is 0.406 e. The Kier molecular flexibility index (Phi) is 6.17. The number of phosphoric acid groups is 3. The molecule has 130 valence electrons.